The molecule has 3 N–H and O–H groups in total. The molecule has 0 spiro atoms. The highest BCUT2D eigenvalue weighted by molar-refractivity contribution is 4.70. The first kappa shape index (κ1) is 6.50. The van der Waals surface area contributed by atoms with Crippen LogP contribution in [-0.2, 0) is 0 Å². The monoisotopic (exact) mass is 101 g/mol. The van der Waals surface area contributed by atoms with Crippen molar-refractivity contribution < 1.29 is 5.11 Å². The van der Waals surface area contributed by atoms with Crippen LogP contribution in [0.1, 0.15) is 12.8 Å². The first-order chi connectivity index (χ1) is 3.41. The number of aliphatic hydroxyl groups excluding tert-OH is 1. The van der Waals surface area contributed by atoms with Crippen molar-refractivity contribution >= 4 is 0 Å². The Labute approximate surface area is 43.6 Å². The standard InChI is InChI=1S/C5H11NO/c6-4-2-1-3-5-7/h3,5,7H,1-2,4,6H2/b5-3+. The third-order valence-electron chi connectivity index (χ3n) is 0.680. The molecule has 0 aromatic carbocycles. The van der Waals surface area contributed by atoms with Crippen LogP contribution in [0.4, 0.5) is 0 Å². The Morgan fingerprint density at radius 1 is 1.57 bits per heavy atom. The minimum absolute atomic E-state index is 0.699. The normalized spacial score (nSPS) is 10.4. The Balaban J connectivity index is 2.69. The molecule has 0 aromatic rings. The zero-order valence-electron chi connectivity index (χ0n) is 4.30. The summed E-state index contributed by atoms with van der Waals surface area (Å²) in [5.41, 5.74) is 5.15. The summed E-state index contributed by atoms with van der Waals surface area (Å²) in [7, 11) is 0. The molecule has 0 unspecified atom stereocenters. The smallest absolute Gasteiger partial charge is 0.0751 e. The summed E-state index contributed by atoms with van der Waals surface area (Å²) >= 11 is 0. The molecule has 0 aromatic heterocycles. The zero-order chi connectivity index (χ0) is 5.54. The topological polar surface area (TPSA) is 46.2 Å². The van der Waals surface area contributed by atoms with Crippen LogP contribution < -0.4 is 5.73 Å². The highest BCUT2D eigenvalue weighted by Gasteiger charge is 1.73. The van der Waals surface area contributed by atoms with Gasteiger partial charge in [-0.25, -0.2) is 0 Å². The average Bonchev–Trinajstić information content (AvgIpc) is 1.69. The molecule has 0 amide bonds. The molecule has 0 aliphatic heterocycles. The highest BCUT2D eigenvalue weighted by atomic mass is 16.2. The minimum atomic E-state index is 0.699. The summed E-state index contributed by atoms with van der Waals surface area (Å²) < 4.78 is 0. The van der Waals surface area contributed by atoms with E-state index in [1.165, 1.54) is 0 Å². The van der Waals surface area contributed by atoms with Crippen molar-refractivity contribution in [3.8, 4) is 0 Å². The molecule has 2 heteroatoms. The number of unbranched alkanes of at least 4 members (excludes halogenated alkanes) is 1. The molecule has 0 aliphatic rings. The van der Waals surface area contributed by atoms with Crippen LogP contribution >= 0.6 is 0 Å². The van der Waals surface area contributed by atoms with Gasteiger partial charge >= 0.3 is 0 Å². The van der Waals surface area contributed by atoms with Gasteiger partial charge in [0, 0.05) is 0 Å². The number of allylic oxidation sites excluding steroid dienone is 1. The van der Waals surface area contributed by atoms with Crippen LogP contribution in [0.15, 0.2) is 12.3 Å². The number of rotatable bonds is 3. The fourth-order valence-electron chi connectivity index (χ4n) is 0.310. The van der Waals surface area contributed by atoms with E-state index in [0.717, 1.165) is 19.1 Å². The van der Waals surface area contributed by atoms with E-state index >= 15 is 0 Å². The lowest BCUT2D eigenvalue weighted by Crippen LogP contribution is -1.96. The predicted octanol–water partition coefficient (Wildman–Crippen LogP) is 0.797. The predicted molar refractivity (Wildman–Crippen MR) is 30.1 cm³/mol. The fourth-order valence-corrected chi connectivity index (χ4v) is 0.310. The Kier molecular flexibility index (Phi) is 5.11. The van der Waals surface area contributed by atoms with Crippen molar-refractivity contribution in [3.05, 3.63) is 12.3 Å². The molecule has 0 fully saturated rings. The molecule has 0 radical (unpaired) electrons. The third-order valence-corrected chi connectivity index (χ3v) is 0.680. The molecular weight excluding hydrogens is 90.1 g/mol. The van der Waals surface area contributed by atoms with E-state index in [0.29, 0.717) is 6.54 Å². The number of hydrogen-bond donors (Lipinski definition) is 2. The molecular formula is C5H11NO. The quantitative estimate of drug-likeness (QED) is 0.408. The lowest BCUT2D eigenvalue weighted by Gasteiger charge is -1.83. The first-order valence-corrected chi connectivity index (χ1v) is 2.41. The van der Waals surface area contributed by atoms with Crippen molar-refractivity contribution in [2.45, 2.75) is 12.8 Å². The maximum absolute atomic E-state index is 8.07. The summed E-state index contributed by atoms with van der Waals surface area (Å²) in [6.45, 7) is 0.699. The first-order valence-electron chi connectivity index (χ1n) is 2.41. The lowest BCUT2D eigenvalue weighted by molar-refractivity contribution is 0.470. The van der Waals surface area contributed by atoms with Crippen LogP contribution in [-0.4, -0.2) is 11.7 Å². The van der Waals surface area contributed by atoms with Crippen LogP contribution in [0.25, 0.3) is 0 Å². The molecule has 0 rings (SSSR count). The van der Waals surface area contributed by atoms with E-state index in [1.807, 2.05) is 0 Å². The molecule has 0 bridgehead atoms. The Morgan fingerprint density at radius 3 is 2.71 bits per heavy atom. The molecule has 0 aliphatic carbocycles. The second-order valence-electron chi connectivity index (χ2n) is 1.32. The van der Waals surface area contributed by atoms with Crippen LogP contribution in [0.5, 0.6) is 0 Å². The van der Waals surface area contributed by atoms with Gasteiger partial charge in [0.25, 0.3) is 0 Å². The van der Waals surface area contributed by atoms with E-state index in [4.69, 9.17) is 10.8 Å². The lowest BCUT2D eigenvalue weighted by atomic mass is 10.3. The second kappa shape index (κ2) is 5.50. The van der Waals surface area contributed by atoms with Crippen molar-refractivity contribution in [1.82, 2.24) is 0 Å². The van der Waals surface area contributed by atoms with E-state index in [-0.39, 0.29) is 0 Å². The minimum Gasteiger partial charge on any atom is -0.516 e. The van der Waals surface area contributed by atoms with Gasteiger partial charge in [-0.2, -0.15) is 0 Å². The molecule has 42 valence electrons. The number of nitrogens with two attached hydrogens (primary N) is 1. The summed E-state index contributed by atoms with van der Waals surface area (Å²) in [6.07, 6.45) is 4.58. The Hall–Kier alpha value is -0.500. The van der Waals surface area contributed by atoms with Gasteiger partial charge in [-0.15, -0.1) is 0 Å². The van der Waals surface area contributed by atoms with Gasteiger partial charge in [-0.05, 0) is 19.4 Å². The largest absolute Gasteiger partial charge is 0.516 e. The van der Waals surface area contributed by atoms with Gasteiger partial charge in [-0.3, -0.25) is 0 Å². The Bertz CT molecular complexity index is 52.0. The van der Waals surface area contributed by atoms with Gasteiger partial charge in [0.1, 0.15) is 0 Å². The molecule has 0 atom stereocenters. The van der Waals surface area contributed by atoms with Crippen LogP contribution in [0, 0.1) is 0 Å². The summed E-state index contributed by atoms with van der Waals surface area (Å²) in [5.74, 6) is 0. The van der Waals surface area contributed by atoms with Gasteiger partial charge < -0.3 is 10.8 Å². The van der Waals surface area contributed by atoms with Crippen molar-refractivity contribution in [1.29, 1.82) is 0 Å². The summed E-state index contributed by atoms with van der Waals surface area (Å²) in [6, 6.07) is 0. The zero-order valence-corrected chi connectivity index (χ0v) is 4.30. The third kappa shape index (κ3) is 5.50. The highest BCUT2D eigenvalue weighted by Crippen LogP contribution is 1.84. The average molecular weight is 101 g/mol. The maximum atomic E-state index is 8.07. The van der Waals surface area contributed by atoms with Gasteiger partial charge in [0.15, 0.2) is 0 Å². The fraction of sp³-hybridized carbons (Fsp3) is 0.600. The molecule has 0 saturated heterocycles. The number of aliphatic hydroxyl groups is 1. The maximum Gasteiger partial charge on any atom is 0.0751 e. The van der Waals surface area contributed by atoms with E-state index < -0.39 is 0 Å². The summed E-state index contributed by atoms with van der Waals surface area (Å²) in [5, 5.41) is 8.07. The van der Waals surface area contributed by atoms with E-state index in [2.05, 4.69) is 0 Å². The van der Waals surface area contributed by atoms with E-state index in [1.54, 1.807) is 6.08 Å². The number of hydrogen-bond acceptors (Lipinski definition) is 2. The van der Waals surface area contributed by atoms with E-state index in [9.17, 15) is 0 Å². The van der Waals surface area contributed by atoms with Gasteiger partial charge in [-0.1, -0.05) is 6.08 Å². The Morgan fingerprint density at radius 2 is 2.29 bits per heavy atom. The molecule has 0 saturated carbocycles. The molecule has 0 heterocycles. The van der Waals surface area contributed by atoms with Gasteiger partial charge in [0.05, 0.1) is 6.26 Å². The van der Waals surface area contributed by atoms with Crippen molar-refractivity contribution in [2.24, 2.45) is 5.73 Å². The molecule has 7 heavy (non-hydrogen) atoms. The summed E-state index contributed by atoms with van der Waals surface area (Å²) in [4.78, 5) is 0. The molecule has 2 nitrogen and oxygen atoms in total. The SMILES string of the molecule is NCCC/C=C/O. The van der Waals surface area contributed by atoms with Gasteiger partial charge in [0.2, 0.25) is 0 Å². The van der Waals surface area contributed by atoms with Crippen molar-refractivity contribution in [2.75, 3.05) is 6.54 Å². The second-order valence-corrected chi connectivity index (χ2v) is 1.32. The van der Waals surface area contributed by atoms with Crippen LogP contribution in [0.3, 0.4) is 0 Å². The van der Waals surface area contributed by atoms with Crippen LogP contribution in [0.2, 0.25) is 0 Å². The van der Waals surface area contributed by atoms with Crippen molar-refractivity contribution in [3.63, 3.8) is 0 Å².